The summed E-state index contributed by atoms with van der Waals surface area (Å²) in [6.45, 7) is 5.69. The molecule has 5 N–H and O–H groups in total. The maximum atomic E-state index is 12.1. The van der Waals surface area contributed by atoms with Gasteiger partial charge < -0.3 is 16.1 Å². The molecule has 0 atom stereocenters. The zero-order valence-electron chi connectivity index (χ0n) is 12.7. The van der Waals surface area contributed by atoms with Crippen LogP contribution in [0.25, 0.3) is 0 Å². The number of pyridine rings is 1. The molecular formula is C14H23N5O2. The second-order valence-electron chi connectivity index (χ2n) is 5.03. The Bertz CT molecular complexity index is 502. The molecule has 7 heteroatoms. The van der Waals surface area contributed by atoms with Crippen LogP contribution in [0.5, 0.6) is 0 Å². The molecular weight excluding hydrogens is 270 g/mol. The fourth-order valence-electron chi connectivity index (χ4n) is 1.81. The zero-order valence-corrected chi connectivity index (χ0v) is 12.7. The van der Waals surface area contributed by atoms with Crippen LogP contribution in [-0.2, 0) is 11.2 Å². The van der Waals surface area contributed by atoms with Crippen LogP contribution in [0, 0.1) is 0 Å². The number of hydrogen-bond acceptors (Lipinski definition) is 5. The summed E-state index contributed by atoms with van der Waals surface area (Å²) in [5, 5.41) is 5.28. The van der Waals surface area contributed by atoms with Crippen molar-refractivity contribution < 1.29 is 9.59 Å². The average molecular weight is 293 g/mol. The van der Waals surface area contributed by atoms with Crippen molar-refractivity contribution in [1.29, 1.82) is 0 Å². The van der Waals surface area contributed by atoms with E-state index in [9.17, 15) is 9.59 Å². The van der Waals surface area contributed by atoms with Gasteiger partial charge in [-0.15, -0.1) is 0 Å². The first kappa shape index (κ1) is 16.9. The van der Waals surface area contributed by atoms with E-state index in [4.69, 9.17) is 5.84 Å². The molecule has 0 aromatic carbocycles. The van der Waals surface area contributed by atoms with E-state index < -0.39 is 0 Å². The van der Waals surface area contributed by atoms with Crippen molar-refractivity contribution >= 4 is 17.6 Å². The molecule has 0 saturated carbocycles. The van der Waals surface area contributed by atoms with Crippen LogP contribution < -0.4 is 21.9 Å². The van der Waals surface area contributed by atoms with Crippen LogP contribution in [-0.4, -0.2) is 29.4 Å². The highest BCUT2D eigenvalue weighted by Crippen LogP contribution is 2.11. The van der Waals surface area contributed by atoms with E-state index in [0.717, 1.165) is 18.5 Å². The highest BCUT2D eigenvalue weighted by atomic mass is 16.2. The van der Waals surface area contributed by atoms with E-state index in [1.807, 2.05) is 20.8 Å². The van der Waals surface area contributed by atoms with E-state index in [2.05, 4.69) is 21.0 Å². The minimum Gasteiger partial charge on any atom is -0.352 e. The Kier molecular flexibility index (Phi) is 6.61. The van der Waals surface area contributed by atoms with Gasteiger partial charge in [-0.05, 0) is 32.4 Å². The molecule has 1 heterocycles. The van der Waals surface area contributed by atoms with Gasteiger partial charge in [0.05, 0.1) is 6.54 Å². The SMILES string of the molecule is CCCc1cc(C(=O)NCC(=O)NC(C)C)cc(NN)n1. The molecule has 0 fully saturated rings. The molecule has 116 valence electrons. The molecule has 0 unspecified atom stereocenters. The lowest BCUT2D eigenvalue weighted by atomic mass is 10.1. The van der Waals surface area contributed by atoms with Gasteiger partial charge in [0.15, 0.2) is 0 Å². The van der Waals surface area contributed by atoms with Crippen molar-refractivity contribution in [2.45, 2.75) is 39.7 Å². The van der Waals surface area contributed by atoms with Crippen LogP contribution in [0.15, 0.2) is 12.1 Å². The molecule has 2 amide bonds. The number of anilines is 1. The third kappa shape index (κ3) is 5.78. The van der Waals surface area contributed by atoms with E-state index in [0.29, 0.717) is 11.4 Å². The van der Waals surface area contributed by atoms with Crippen molar-refractivity contribution in [3.63, 3.8) is 0 Å². The molecule has 0 spiro atoms. The number of aryl methyl sites for hydroxylation is 1. The standard InChI is InChI=1S/C14H23N5O2/c1-4-5-11-6-10(7-12(18-11)19-15)14(21)16-8-13(20)17-9(2)3/h6-7,9H,4-5,8,15H2,1-3H3,(H,16,21)(H,17,20)(H,18,19). The van der Waals surface area contributed by atoms with Crippen LogP contribution in [0.2, 0.25) is 0 Å². The van der Waals surface area contributed by atoms with Crippen LogP contribution in [0.3, 0.4) is 0 Å². The average Bonchev–Trinajstić information content (AvgIpc) is 2.44. The van der Waals surface area contributed by atoms with E-state index in [1.54, 1.807) is 12.1 Å². The number of nitrogen functional groups attached to an aromatic ring is 1. The number of amides is 2. The molecule has 0 saturated heterocycles. The first-order valence-corrected chi connectivity index (χ1v) is 7.01. The minimum atomic E-state index is -0.329. The minimum absolute atomic E-state index is 0.0412. The topological polar surface area (TPSA) is 109 Å². The number of nitrogens with two attached hydrogens (primary N) is 1. The van der Waals surface area contributed by atoms with Crippen molar-refractivity contribution in [2.75, 3.05) is 12.0 Å². The van der Waals surface area contributed by atoms with Crippen LogP contribution in [0.4, 0.5) is 5.82 Å². The normalized spacial score (nSPS) is 10.3. The summed E-state index contributed by atoms with van der Waals surface area (Å²) in [5.41, 5.74) is 3.65. The number of carbonyl (C=O) groups excluding carboxylic acids is 2. The lowest BCUT2D eigenvalue weighted by Gasteiger charge is -2.10. The highest BCUT2D eigenvalue weighted by Gasteiger charge is 2.11. The van der Waals surface area contributed by atoms with E-state index >= 15 is 0 Å². The molecule has 0 aliphatic rings. The number of nitrogens with one attached hydrogen (secondary N) is 3. The second kappa shape index (κ2) is 8.21. The van der Waals surface area contributed by atoms with Gasteiger partial charge in [-0.3, -0.25) is 9.59 Å². The molecule has 7 nitrogen and oxygen atoms in total. The van der Waals surface area contributed by atoms with Crippen molar-refractivity contribution in [3.05, 3.63) is 23.4 Å². The Morgan fingerprint density at radius 2 is 2.05 bits per heavy atom. The maximum Gasteiger partial charge on any atom is 0.251 e. The summed E-state index contributed by atoms with van der Waals surface area (Å²) >= 11 is 0. The monoisotopic (exact) mass is 293 g/mol. The van der Waals surface area contributed by atoms with Crippen LogP contribution in [0.1, 0.15) is 43.2 Å². The fraction of sp³-hybridized carbons (Fsp3) is 0.500. The van der Waals surface area contributed by atoms with Gasteiger partial charge in [0, 0.05) is 17.3 Å². The van der Waals surface area contributed by atoms with Crippen LogP contribution >= 0.6 is 0 Å². The quantitative estimate of drug-likeness (QED) is 0.434. The number of rotatable bonds is 7. The number of nitrogens with zero attached hydrogens (tertiary/aromatic N) is 1. The van der Waals surface area contributed by atoms with Gasteiger partial charge in [0.2, 0.25) is 5.91 Å². The summed E-state index contributed by atoms with van der Waals surface area (Å²) < 4.78 is 0. The molecule has 0 aliphatic carbocycles. The molecule has 0 radical (unpaired) electrons. The van der Waals surface area contributed by atoms with Gasteiger partial charge in [-0.1, -0.05) is 13.3 Å². The van der Waals surface area contributed by atoms with Crippen molar-refractivity contribution in [3.8, 4) is 0 Å². The third-order valence-electron chi connectivity index (χ3n) is 2.65. The Morgan fingerprint density at radius 3 is 2.62 bits per heavy atom. The zero-order chi connectivity index (χ0) is 15.8. The fourth-order valence-corrected chi connectivity index (χ4v) is 1.81. The largest absolute Gasteiger partial charge is 0.352 e. The second-order valence-corrected chi connectivity index (χ2v) is 5.03. The lowest BCUT2D eigenvalue weighted by molar-refractivity contribution is -0.120. The Morgan fingerprint density at radius 1 is 1.33 bits per heavy atom. The first-order chi connectivity index (χ1) is 9.96. The number of aromatic nitrogens is 1. The predicted molar refractivity (Wildman–Crippen MR) is 81.7 cm³/mol. The Labute approximate surface area is 124 Å². The number of carbonyl (C=O) groups is 2. The van der Waals surface area contributed by atoms with E-state index in [-0.39, 0.29) is 24.4 Å². The van der Waals surface area contributed by atoms with E-state index in [1.165, 1.54) is 0 Å². The van der Waals surface area contributed by atoms with Crippen molar-refractivity contribution in [1.82, 2.24) is 15.6 Å². The number of hydrazine groups is 1. The molecule has 0 aliphatic heterocycles. The Balaban J connectivity index is 2.72. The van der Waals surface area contributed by atoms with Crippen molar-refractivity contribution in [2.24, 2.45) is 5.84 Å². The molecule has 21 heavy (non-hydrogen) atoms. The predicted octanol–water partition coefficient (Wildman–Crippen LogP) is 0.574. The van der Waals surface area contributed by atoms with Gasteiger partial charge in [0.1, 0.15) is 5.82 Å². The molecule has 1 aromatic heterocycles. The molecule has 1 aromatic rings. The van der Waals surface area contributed by atoms with Gasteiger partial charge >= 0.3 is 0 Å². The summed E-state index contributed by atoms with van der Waals surface area (Å²) in [5.74, 6) is 5.23. The maximum absolute atomic E-state index is 12.1. The first-order valence-electron chi connectivity index (χ1n) is 7.01. The molecule has 0 bridgehead atoms. The van der Waals surface area contributed by atoms with Gasteiger partial charge in [0.25, 0.3) is 5.91 Å². The van der Waals surface area contributed by atoms with Gasteiger partial charge in [-0.2, -0.15) is 0 Å². The summed E-state index contributed by atoms with van der Waals surface area (Å²) in [6, 6.07) is 3.30. The summed E-state index contributed by atoms with van der Waals surface area (Å²) in [7, 11) is 0. The number of hydrogen-bond donors (Lipinski definition) is 4. The summed E-state index contributed by atoms with van der Waals surface area (Å²) in [4.78, 5) is 27.8. The smallest absolute Gasteiger partial charge is 0.251 e. The third-order valence-corrected chi connectivity index (χ3v) is 2.65. The Hall–Kier alpha value is -2.15. The van der Waals surface area contributed by atoms with Gasteiger partial charge in [-0.25, -0.2) is 10.8 Å². The summed E-state index contributed by atoms with van der Waals surface area (Å²) in [6.07, 6.45) is 1.67. The molecule has 1 rings (SSSR count). The lowest BCUT2D eigenvalue weighted by Crippen LogP contribution is -2.39. The highest BCUT2D eigenvalue weighted by molar-refractivity contribution is 5.97.